The molecule has 6 aromatic rings. The molecule has 22 nitrogen and oxygen atoms in total. The number of non-ortho nitro benzene ring substituents is 2. The number of nitrogens with one attached hydrogen (secondary N) is 1. The van der Waals surface area contributed by atoms with Gasteiger partial charge in [-0.3, -0.25) is 39.2 Å². The van der Waals surface area contributed by atoms with Crippen molar-refractivity contribution in [2.24, 2.45) is 35.6 Å². The molecule has 4 N–H and O–H groups in total. The van der Waals surface area contributed by atoms with Gasteiger partial charge in [0.2, 0.25) is 10.0 Å². The van der Waals surface area contributed by atoms with Gasteiger partial charge in [0.15, 0.2) is 0 Å². The molecule has 1 unspecified atom stereocenters. The van der Waals surface area contributed by atoms with E-state index in [9.17, 15) is 57.8 Å². The molecule has 0 bridgehead atoms. The first-order valence-electron chi connectivity index (χ1n) is 17.2. The van der Waals surface area contributed by atoms with Gasteiger partial charge in [0.25, 0.3) is 11.4 Å². The Bertz CT molecular complexity index is 2970. The van der Waals surface area contributed by atoms with E-state index < -0.39 is 52.0 Å². The van der Waals surface area contributed by atoms with Gasteiger partial charge in [0.05, 0.1) is 41.8 Å². The Kier molecular flexibility index (Phi) is 18.7. The minimum atomic E-state index is -4.28. The van der Waals surface area contributed by atoms with Gasteiger partial charge >= 0.3 is 36.2 Å². The topological polar surface area (TPSA) is 374 Å². The average Bonchev–Trinajstić information content (AvgIpc) is 3.23. The molecule has 0 aliphatic carbocycles. The summed E-state index contributed by atoms with van der Waals surface area (Å²) in [5, 5.41) is 88.3. The Morgan fingerprint density at radius 3 is 1.44 bits per heavy atom. The van der Waals surface area contributed by atoms with Gasteiger partial charge in [0, 0.05) is 51.6 Å². The zero-order chi connectivity index (χ0) is 46.9. The molecule has 28 heteroatoms. The summed E-state index contributed by atoms with van der Waals surface area (Å²) in [6.45, 7) is 0. The summed E-state index contributed by atoms with van der Waals surface area (Å²) in [7, 11) is -8.29. The minimum absolute atomic E-state index is 0. The number of hydrogen-bond acceptors (Lipinski definition) is 19. The molecule has 0 spiro atoms. The van der Waals surface area contributed by atoms with Crippen molar-refractivity contribution in [3.05, 3.63) is 151 Å². The Labute approximate surface area is 406 Å². The maximum Gasteiger partial charge on any atom is 3.00 e. The summed E-state index contributed by atoms with van der Waals surface area (Å²) in [6, 6.07) is 21.4. The summed E-state index contributed by atoms with van der Waals surface area (Å²) < 4.78 is 52.7. The Morgan fingerprint density at radius 1 is 0.591 bits per heavy atom. The monoisotopic (exact) mass is 1000 g/mol. The summed E-state index contributed by atoms with van der Waals surface area (Å²) in [4.78, 5) is 27.5. The van der Waals surface area contributed by atoms with Crippen molar-refractivity contribution in [2.75, 3.05) is 0 Å². The number of nitrogens with zero attached hydrogens (tertiary/aromatic N) is 8. The summed E-state index contributed by atoms with van der Waals surface area (Å²) in [6.07, 6.45) is 2.19. The van der Waals surface area contributed by atoms with Crippen molar-refractivity contribution >= 4 is 101 Å². The summed E-state index contributed by atoms with van der Waals surface area (Å²) in [5.41, 5.74) is 0.176. The first kappa shape index (κ1) is 53.7. The molecule has 1 atom stereocenters. The number of sulfonamides is 1. The van der Waals surface area contributed by atoms with Crippen LogP contribution in [0.4, 0.5) is 45.5 Å². The van der Waals surface area contributed by atoms with Gasteiger partial charge in [-0.25, -0.2) is 13.6 Å². The van der Waals surface area contributed by atoms with E-state index in [1.54, 1.807) is 0 Å². The zero-order valence-corrected chi connectivity index (χ0v) is 37.5. The molecule has 331 valence electrons. The molecule has 0 aromatic heterocycles. The van der Waals surface area contributed by atoms with Crippen LogP contribution < -0.4 is 39.3 Å². The molecular weight excluding hydrogens is 982 g/mol. The van der Waals surface area contributed by atoms with E-state index in [0.29, 0.717) is 0 Å². The second kappa shape index (κ2) is 23.0. The average molecular weight is 1010 g/mol. The molecule has 6 aromatic carbocycles. The van der Waals surface area contributed by atoms with Crippen LogP contribution >= 0.6 is 23.2 Å². The van der Waals surface area contributed by atoms with Crippen LogP contribution in [0.1, 0.15) is 11.1 Å². The van der Waals surface area contributed by atoms with Crippen LogP contribution in [0.3, 0.4) is 0 Å². The van der Waals surface area contributed by atoms with Crippen molar-refractivity contribution in [1.82, 2.24) is 0 Å². The van der Waals surface area contributed by atoms with Crippen LogP contribution in [0, 0.1) is 25.0 Å². The number of nitro groups is 2. The zero-order valence-electron chi connectivity index (χ0n) is 33.1. The minimum Gasteiger partial charge on any atom is -0.872 e. The number of aromatic hydroxyl groups is 1. The molecule has 66 heavy (non-hydrogen) atoms. The molecule has 0 aliphatic heterocycles. The van der Waals surface area contributed by atoms with Crippen molar-refractivity contribution in [3.8, 4) is 23.0 Å². The van der Waals surface area contributed by atoms with E-state index in [-0.39, 0.29) is 114 Å². The predicted octanol–water partition coefficient (Wildman–Crippen LogP) is 4.94. The van der Waals surface area contributed by atoms with E-state index >= 15 is 0 Å². The second-order valence-electron chi connectivity index (χ2n) is 12.5. The van der Waals surface area contributed by atoms with Crippen LogP contribution in [0.5, 0.6) is 23.0 Å². The molecular formula is C38H24Cl2CrLiN10O12S2. The molecule has 0 fully saturated rings. The largest absolute Gasteiger partial charge is 3.00 e. The van der Waals surface area contributed by atoms with E-state index in [1.165, 1.54) is 60.7 Å². The molecule has 0 amide bonds. The molecule has 6 rings (SSSR count). The maximum atomic E-state index is 12.1. The third kappa shape index (κ3) is 14.7. The quantitative estimate of drug-likeness (QED) is 0.0482. The number of aliphatic imine (C=N–C) groups is 2. The van der Waals surface area contributed by atoms with E-state index in [0.717, 1.165) is 61.0 Å². The standard InChI is InChI=1S/2C19H14ClN5O6S.Cr.Li/c2*20-15-8-13(25(28)29)2-4-16(15)24-23-12-1-5-18(26)11(7-12)10-22-17-9-14(32(21,30)31)3-6-19(17)27;;/h2*1-10,26-27H,(H2,21,30,31);;/q;;+3;+1/p-4. The van der Waals surface area contributed by atoms with Crippen molar-refractivity contribution in [2.45, 2.75) is 9.79 Å². The number of hydrogen-bond donors (Lipinski definition) is 3. The van der Waals surface area contributed by atoms with Gasteiger partial charge in [-0.1, -0.05) is 58.6 Å². The van der Waals surface area contributed by atoms with Crippen molar-refractivity contribution in [1.29, 1.82) is 4.78 Å². The van der Waals surface area contributed by atoms with E-state index in [4.69, 9.17) is 33.1 Å². The fourth-order valence-corrected chi connectivity index (χ4v) is 6.30. The summed E-state index contributed by atoms with van der Waals surface area (Å²) >= 11 is 11.9. The fourth-order valence-electron chi connectivity index (χ4n) is 4.83. The Hall–Kier alpha value is -6.61. The normalized spacial score (nSPS) is 12.3. The molecule has 1 radical (unpaired) electrons. The third-order valence-corrected chi connectivity index (χ3v) is 10.4. The second-order valence-corrected chi connectivity index (χ2v) is 16.3. The molecule has 0 aliphatic rings. The first-order chi connectivity index (χ1) is 30.1. The van der Waals surface area contributed by atoms with Gasteiger partial charge in [-0.15, -0.1) is 10.2 Å². The van der Waals surface area contributed by atoms with Crippen LogP contribution in [0.25, 0.3) is 0 Å². The Morgan fingerprint density at radius 2 is 1.02 bits per heavy atom. The van der Waals surface area contributed by atoms with E-state index in [1.807, 2.05) is 0 Å². The van der Waals surface area contributed by atoms with Crippen molar-refractivity contribution < 1.29 is 83.7 Å². The fraction of sp³-hybridized carbons (Fsp3) is 0. The van der Waals surface area contributed by atoms with Crippen LogP contribution in [0.2, 0.25) is 10.0 Å². The number of rotatable bonds is 12. The van der Waals surface area contributed by atoms with Gasteiger partial charge in [-0.05, 0) is 77.9 Å². The number of azo groups is 2. The number of nitrogens with two attached hydrogens (primary N) is 1. The third-order valence-electron chi connectivity index (χ3n) is 8.02. The van der Waals surface area contributed by atoms with Crippen LogP contribution in [-0.2, 0) is 37.4 Å². The number of phenolic OH excluding ortho intramolecular Hbond substituents is 1. The number of benzene rings is 6. The van der Waals surface area contributed by atoms with Gasteiger partial charge in [-0.2, -0.15) is 10.2 Å². The maximum absolute atomic E-state index is 12.1. The number of halogens is 2. The van der Waals surface area contributed by atoms with E-state index in [2.05, 4.69) is 30.4 Å². The number of primary sulfonamides is 1. The molecule has 0 saturated heterocycles. The molecule has 0 saturated carbocycles. The Balaban J connectivity index is 0.000000340. The smallest absolute Gasteiger partial charge is 0.872 e. The number of nitro benzene ring substituents is 2. The van der Waals surface area contributed by atoms with Crippen LogP contribution in [0.15, 0.2) is 149 Å². The molecule has 0 heterocycles. The SMILES string of the molecule is N=S(=O)([O-])c1ccc([O-])c(N=Cc2cc(N=Nc3ccc([N+](=O)[O-])cc3Cl)ccc2[O-])c1.NS(=O)(=O)c1ccc(O)c(N=Cc2cc(N=Nc3ccc([N+](=O)[O-])cc3Cl)ccc2[O-])c1.[Cr+3].[Li+]. The van der Waals surface area contributed by atoms with Gasteiger partial charge in [0.1, 0.15) is 22.8 Å². The first-order valence-corrected chi connectivity index (χ1v) is 21.0. The van der Waals surface area contributed by atoms with Crippen molar-refractivity contribution in [3.63, 3.8) is 0 Å². The summed E-state index contributed by atoms with van der Waals surface area (Å²) in [5.74, 6) is -1.77. The predicted molar refractivity (Wildman–Crippen MR) is 226 cm³/mol. The van der Waals surface area contributed by atoms with Crippen LogP contribution in [-0.4, -0.2) is 44.6 Å². The number of phenols is 1. The van der Waals surface area contributed by atoms with Gasteiger partial charge < -0.3 is 25.0 Å².